The molecule has 14 heavy (non-hydrogen) atoms. The van der Waals surface area contributed by atoms with E-state index in [1.165, 1.54) is 0 Å². The minimum absolute atomic E-state index is 0.132. The van der Waals surface area contributed by atoms with Crippen LogP contribution in [0.5, 0.6) is 0 Å². The third-order valence-electron chi connectivity index (χ3n) is 3.46. The Balaban J connectivity index is 2.10. The van der Waals surface area contributed by atoms with Crippen LogP contribution in [0.3, 0.4) is 0 Å². The Hall–Kier alpha value is -0.410. The molecule has 0 amide bonds. The van der Waals surface area contributed by atoms with Gasteiger partial charge in [-0.05, 0) is 32.1 Å². The number of aliphatic hydroxyl groups is 1. The first-order valence-electron chi connectivity index (χ1n) is 5.06. The summed E-state index contributed by atoms with van der Waals surface area (Å²) in [5, 5.41) is 13.4. The fourth-order valence-electron chi connectivity index (χ4n) is 1.72. The summed E-state index contributed by atoms with van der Waals surface area (Å²) < 4.78 is 0. The van der Waals surface area contributed by atoms with Crippen molar-refractivity contribution < 1.29 is 5.11 Å². The lowest BCUT2D eigenvalue weighted by molar-refractivity contribution is -0.00706. The number of thiazole rings is 1. The SMILES string of the molecule is Cc1csc(CC(C)(O)C2(C)CC2)n1. The number of nitrogens with zero attached hydrogens (tertiary/aromatic N) is 1. The molecular weight excluding hydrogens is 194 g/mol. The second kappa shape index (κ2) is 3.04. The van der Waals surface area contributed by atoms with Crippen LogP contribution in [-0.2, 0) is 6.42 Å². The summed E-state index contributed by atoms with van der Waals surface area (Å²) in [7, 11) is 0. The molecule has 1 heterocycles. The predicted octanol–water partition coefficient (Wildman–Crippen LogP) is 2.55. The smallest absolute Gasteiger partial charge is 0.0956 e. The van der Waals surface area contributed by atoms with Gasteiger partial charge in [0.2, 0.25) is 0 Å². The molecule has 2 rings (SSSR count). The summed E-state index contributed by atoms with van der Waals surface area (Å²) in [5.41, 5.74) is 0.603. The Morgan fingerprint density at radius 2 is 2.29 bits per heavy atom. The highest BCUT2D eigenvalue weighted by Crippen LogP contribution is 2.54. The van der Waals surface area contributed by atoms with Crippen molar-refractivity contribution in [1.82, 2.24) is 4.98 Å². The van der Waals surface area contributed by atoms with Crippen molar-refractivity contribution in [1.29, 1.82) is 0 Å². The highest BCUT2D eigenvalue weighted by Gasteiger charge is 2.52. The zero-order chi connectivity index (χ0) is 10.4. The molecule has 1 aromatic rings. The van der Waals surface area contributed by atoms with E-state index < -0.39 is 5.60 Å². The van der Waals surface area contributed by atoms with Crippen LogP contribution >= 0.6 is 11.3 Å². The molecule has 2 nitrogen and oxygen atoms in total. The minimum atomic E-state index is -0.586. The van der Waals surface area contributed by atoms with Crippen LogP contribution in [0.15, 0.2) is 5.38 Å². The topological polar surface area (TPSA) is 33.1 Å². The summed E-state index contributed by atoms with van der Waals surface area (Å²) in [6.45, 7) is 6.09. The van der Waals surface area contributed by atoms with Gasteiger partial charge >= 0.3 is 0 Å². The van der Waals surface area contributed by atoms with E-state index in [9.17, 15) is 5.11 Å². The number of rotatable bonds is 3. The maximum Gasteiger partial charge on any atom is 0.0956 e. The Labute approximate surface area is 89.0 Å². The van der Waals surface area contributed by atoms with E-state index in [4.69, 9.17) is 0 Å². The van der Waals surface area contributed by atoms with Gasteiger partial charge < -0.3 is 5.11 Å². The number of aromatic nitrogens is 1. The molecule has 1 aromatic heterocycles. The van der Waals surface area contributed by atoms with Crippen molar-refractivity contribution in [2.75, 3.05) is 0 Å². The molecule has 0 saturated heterocycles. The Bertz CT molecular complexity index is 339. The molecule has 1 unspecified atom stereocenters. The lowest BCUT2D eigenvalue weighted by Gasteiger charge is -2.29. The molecule has 1 atom stereocenters. The molecule has 0 radical (unpaired) electrons. The zero-order valence-corrected chi connectivity index (χ0v) is 9.82. The quantitative estimate of drug-likeness (QED) is 0.833. The van der Waals surface area contributed by atoms with Gasteiger partial charge in [-0.15, -0.1) is 11.3 Å². The molecule has 1 aliphatic carbocycles. The van der Waals surface area contributed by atoms with E-state index in [0.717, 1.165) is 23.5 Å². The monoisotopic (exact) mass is 211 g/mol. The van der Waals surface area contributed by atoms with Crippen LogP contribution < -0.4 is 0 Å². The van der Waals surface area contributed by atoms with Crippen molar-refractivity contribution in [3.05, 3.63) is 16.1 Å². The highest BCUT2D eigenvalue weighted by molar-refractivity contribution is 7.09. The van der Waals surface area contributed by atoms with Gasteiger partial charge in [0.05, 0.1) is 10.6 Å². The third kappa shape index (κ3) is 1.71. The number of hydrogen-bond donors (Lipinski definition) is 1. The van der Waals surface area contributed by atoms with Crippen LogP contribution in [0.4, 0.5) is 0 Å². The second-order valence-electron chi connectivity index (χ2n) is 4.89. The van der Waals surface area contributed by atoms with E-state index in [2.05, 4.69) is 11.9 Å². The summed E-state index contributed by atoms with van der Waals surface area (Å²) in [5.74, 6) is 0. The molecule has 0 bridgehead atoms. The van der Waals surface area contributed by atoms with Gasteiger partial charge in [0.15, 0.2) is 0 Å². The maximum atomic E-state index is 10.3. The molecule has 1 N–H and O–H groups in total. The lowest BCUT2D eigenvalue weighted by Crippen LogP contribution is -2.36. The largest absolute Gasteiger partial charge is 0.389 e. The van der Waals surface area contributed by atoms with Gasteiger partial charge in [0.25, 0.3) is 0 Å². The average molecular weight is 211 g/mol. The minimum Gasteiger partial charge on any atom is -0.389 e. The van der Waals surface area contributed by atoms with Crippen LogP contribution in [0.1, 0.15) is 37.4 Å². The summed E-state index contributed by atoms with van der Waals surface area (Å²) in [4.78, 5) is 4.40. The van der Waals surface area contributed by atoms with Crippen LogP contribution in [0.25, 0.3) is 0 Å². The molecule has 1 saturated carbocycles. The summed E-state index contributed by atoms with van der Waals surface area (Å²) in [6, 6.07) is 0. The maximum absolute atomic E-state index is 10.3. The van der Waals surface area contributed by atoms with E-state index >= 15 is 0 Å². The van der Waals surface area contributed by atoms with Gasteiger partial charge in [-0.3, -0.25) is 0 Å². The number of aryl methyl sites for hydroxylation is 1. The fourth-order valence-corrected chi connectivity index (χ4v) is 2.64. The second-order valence-corrected chi connectivity index (χ2v) is 5.84. The van der Waals surface area contributed by atoms with Crippen LogP contribution in [0, 0.1) is 12.3 Å². The van der Waals surface area contributed by atoms with Gasteiger partial charge in [-0.1, -0.05) is 6.92 Å². The Morgan fingerprint density at radius 1 is 1.64 bits per heavy atom. The Morgan fingerprint density at radius 3 is 2.71 bits per heavy atom. The molecule has 0 aliphatic heterocycles. The normalized spacial score (nSPS) is 23.1. The van der Waals surface area contributed by atoms with E-state index in [-0.39, 0.29) is 5.41 Å². The first-order valence-corrected chi connectivity index (χ1v) is 5.94. The first kappa shape index (κ1) is 10.1. The molecule has 1 fully saturated rings. The van der Waals surface area contributed by atoms with Crippen molar-refractivity contribution in [3.63, 3.8) is 0 Å². The standard InChI is InChI=1S/C11H17NOS/c1-8-7-14-9(12-8)6-11(3,13)10(2)4-5-10/h7,13H,4-6H2,1-3H3. The zero-order valence-electron chi connectivity index (χ0n) is 9.00. The molecular formula is C11H17NOS. The third-order valence-corrected chi connectivity index (χ3v) is 4.43. The summed E-state index contributed by atoms with van der Waals surface area (Å²) >= 11 is 1.65. The van der Waals surface area contributed by atoms with Crippen molar-refractivity contribution in [2.45, 2.75) is 45.6 Å². The highest BCUT2D eigenvalue weighted by atomic mass is 32.1. The molecule has 0 spiro atoms. The van der Waals surface area contributed by atoms with Crippen LogP contribution in [0.2, 0.25) is 0 Å². The van der Waals surface area contributed by atoms with Crippen LogP contribution in [-0.4, -0.2) is 15.7 Å². The molecule has 3 heteroatoms. The van der Waals surface area contributed by atoms with Crippen molar-refractivity contribution in [3.8, 4) is 0 Å². The Kier molecular flexibility index (Phi) is 2.20. The van der Waals surface area contributed by atoms with E-state index in [0.29, 0.717) is 6.42 Å². The van der Waals surface area contributed by atoms with Crippen molar-refractivity contribution >= 4 is 11.3 Å². The van der Waals surface area contributed by atoms with Gasteiger partial charge in [0.1, 0.15) is 0 Å². The molecule has 1 aliphatic rings. The van der Waals surface area contributed by atoms with E-state index in [1.54, 1.807) is 11.3 Å². The fraction of sp³-hybridized carbons (Fsp3) is 0.727. The summed E-state index contributed by atoms with van der Waals surface area (Å²) in [6.07, 6.45) is 2.98. The average Bonchev–Trinajstić information content (AvgIpc) is 2.70. The molecule has 0 aromatic carbocycles. The molecule has 78 valence electrons. The predicted molar refractivity (Wildman–Crippen MR) is 58.5 cm³/mol. The number of hydrogen-bond acceptors (Lipinski definition) is 3. The first-order chi connectivity index (χ1) is 6.43. The lowest BCUT2D eigenvalue weighted by atomic mass is 9.85. The van der Waals surface area contributed by atoms with Gasteiger partial charge in [0, 0.05) is 17.5 Å². The van der Waals surface area contributed by atoms with Crippen molar-refractivity contribution in [2.24, 2.45) is 5.41 Å². The van der Waals surface area contributed by atoms with E-state index in [1.807, 2.05) is 19.2 Å². The van der Waals surface area contributed by atoms with Gasteiger partial charge in [-0.2, -0.15) is 0 Å². The van der Waals surface area contributed by atoms with Gasteiger partial charge in [-0.25, -0.2) is 4.98 Å².